The molecule has 0 bridgehead atoms. The number of likely N-dealkylation sites (tertiary alicyclic amines) is 1. The van der Waals surface area contributed by atoms with Crippen LogP contribution in [-0.4, -0.2) is 60.7 Å². The first kappa shape index (κ1) is 18.2. The van der Waals surface area contributed by atoms with E-state index in [-0.39, 0.29) is 30.4 Å². The predicted molar refractivity (Wildman–Crippen MR) is 88.9 cm³/mol. The van der Waals surface area contributed by atoms with Gasteiger partial charge in [-0.25, -0.2) is 4.98 Å². The Hall–Kier alpha value is -2.15. The summed E-state index contributed by atoms with van der Waals surface area (Å²) in [5, 5.41) is 2.66. The Balaban J connectivity index is 2.39. The smallest absolute Gasteiger partial charge is 0.260 e. The highest BCUT2D eigenvalue weighted by atomic mass is 16.5. The Morgan fingerprint density at radius 3 is 2.83 bits per heavy atom. The van der Waals surface area contributed by atoms with Crippen LogP contribution in [0.3, 0.4) is 0 Å². The molecule has 132 valence electrons. The Bertz CT molecular complexity index is 605. The van der Waals surface area contributed by atoms with Crippen LogP contribution in [0.4, 0.5) is 0 Å². The average Bonchev–Trinajstić information content (AvgIpc) is 2.98. The molecule has 0 spiro atoms. The van der Waals surface area contributed by atoms with Crippen LogP contribution in [0.25, 0.3) is 0 Å². The van der Waals surface area contributed by atoms with Gasteiger partial charge in [-0.05, 0) is 38.8 Å². The third-order valence-electron chi connectivity index (χ3n) is 4.12. The molecule has 0 aromatic carbocycles. The predicted octanol–water partition coefficient (Wildman–Crippen LogP) is 1.24. The summed E-state index contributed by atoms with van der Waals surface area (Å²) in [7, 11) is 3.10. The molecule has 1 fully saturated rings. The van der Waals surface area contributed by atoms with Crippen molar-refractivity contribution in [2.45, 2.75) is 38.3 Å². The molecule has 1 unspecified atom stereocenters. The van der Waals surface area contributed by atoms with E-state index < -0.39 is 5.54 Å². The normalized spacial score (nSPS) is 20.3. The molecule has 2 rings (SSSR count). The lowest BCUT2D eigenvalue weighted by atomic mass is 9.95. The van der Waals surface area contributed by atoms with E-state index in [0.717, 1.165) is 6.42 Å². The van der Waals surface area contributed by atoms with Gasteiger partial charge >= 0.3 is 0 Å². The van der Waals surface area contributed by atoms with Crippen molar-refractivity contribution in [3.05, 3.63) is 23.9 Å². The second-order valence-corrected chi connectivity index (χ2v) is 6.13. The second kappa shape index (κ2) is 7.61. The van der Waals surface area contributed by atoms with Gasteiger partial charge in [-0.15, -0.1) is 0 Å². The highest BCUT2D eigenvalue weighted by molar-refractivity contribution is 6.01. The zero-order valence-electron chi connectivity index (χ0n) is 14.7. The van der Waals surface area contributed by atoms with Crippen LogP contribution in [0, 0.1) is 0 Å². The Kier molecular flexibility index (Phi) is 5.77. The largest absolute Gasteiger partial charge is 0.474 e. The van der Waals surface area contributed by atoms with E-state index >= 15 is 0 Å². The number of aromatic nitrogens is 1. The highest BCUT2D eigenvalue weighted by Gasteiger charge is 2.50. The standard InChI is InChI=1S/C17H25N3O4/c1-12(2)24-14-13(7-5-9-19-14)15(21)20-10-6-8-17(20,11-23-4)16(22)18-3/h5,7,9,12H,6,8,10-11H2,1-4H3,(H,18,22). The van der Waals surface area contributed by atoms with E-state index in [2.05, 4.69) is 10.3 Å². The van der Waals surface area contributed by atoms with Crippen LogP contribution in [-0.2, 0) is 9.53 Å². The van der Waals surface area contributed by atoms with Gasteiger partial charge in [0.2, 0.25) is 11.8 Å². The molecule has 7 heteroatoms. The number of pyridine rings is 1. The maximum absolute atomic E-state index is 13.1. The van der Waals surface area contributed by atoms with Crippen molar-refractivity contribution in [1.29, 1.82) is 0 Å². The molecular weight excluding hydrogens is 310 g/mol. The summed E-state index contributed by atoms with van der Waals surface area (Å²) in [6.45, 7) is 4.39. The lowest BCUT2D eigenvalue weighted by Gasteiger charge is -2.36. The molecule has 1 saturated heterocycles. The molecule has 1 aromatic heterocycles. The summed E-state index contributed by atoms with van der Waals surface area (Å²) < 4.78 is 10.9. The lowest BCUT2D eigenvalue weighted by Crippen LogP contribution is -2.59. The van der Waals surface area contributed by atoms with Crippen LogP contribution >= 0.6 is 0 Å². The fourth-order valence-corrected chi connectivity index (χ4v) is 3.11. The summed E-state index contributed by atoms with van der Waals surface area (Å²) in [6, 6.07) is 3.36. The number of nitrogens with one attached hydrogen (secondary N) is 1. The van der Waals surface area contributed by atoms with Crippen LogP contribution in [0.1, 0.15) is 37.0 Å². The van der Waals surface area contributed by atoms with Crippen LogP contribution in [0.2, 0.25) is 0 Å². The third-order valence-corrected chi connectivity index (χ3v) is 4.12. The van der Waals surface area contributed by atoms with Crippen molar-refractivity contribution >= 4 is 11.8 Å². The van der Waals surface area contributed by atoms with E-state index in [1.54, 1.807) is 30.3 Å². The van der Waals surface area contributed by atoms with Crippen molar-refractivity contribution in [1.82, 2.24) is 15.2 Å². The fraction of sp³-hybridized carbons (Fsp3) is 0.588. The molecule has 2 amide bonds. The molecule has 0 saturated carbocycles. The SMILES string of the molecule is CNC(=O)C1(COC)CCCN1C(=O)c1cccnc1OC(C)C. The maximum Gasteiger partial charge on any atom is 0.260 e. The summed E-state index contributed by atoms with van der Waals surface area (Å²) in [4.78, 5) is 31.4. The van der Waals surface area contributed by atoms with Crippen molar-refractivity contribution in [2.75, 3.05) is 27.3 Å². The Morgan fingerprint density at radius 2 is 2.21 bits per heavy atom. The molecule has 1 aromatic rings. The Morgan fingerprint density at radius 1 is 1.46 bits per heavy atom. The quantitative estimate of drug-likeness (QED) is 0.846. The first-order chi connectivity index (χ1) is 11.5. The molecule has 0 radical (unpaired) electrons. The van der Waals surface area contributed by atoms with Gasteiger partial charge in [-0.1, -0.05) is 0 Å². The van der Waals surface area contributed by atoms with Crippen molar-refractivity contribution in [3.63, 3.8) is 0 Å². The van der Waals surface area contributed by atoms with Crippen LogP contribution in [0.5, 0.6) is 5.88 Å². The molecule has 1 atom stereocenters. The van der Waals surface area contributed by atoms with Gasteiger partial charge in [0.25, 0.3) is 5.91 Å². The lowest BCUT2D eigenvalue weighted by molar-refractivity contribution is -0.133. The van der Waals surface area contributed by atoms with Gasteiger partial charge in [0.1, 0.15) is 11.1 Å². The minimum Gasteiger partial charge on any atom is -0.474 e. The first-order valence-corrected chi connectivity index (χ1v) is 8.11. The van der Waals surface area contributed by atoms with Gasteiger partial charge in [-0.3, -0.25) is 9.59 Å². The summed E-state index contributed by atoms with van der Waals surface area (Å²) in [5.74, 6) is -0.199. The van der Waals surface area contributed by atoms with Gasteiger partial charge in [0.15, 0.2) is 0 Å². The molecule has 1 aliphatic rings. The Labute approximate surface area is 142 Å². The second-order valence-electron chi connectivity index (χ2n) is 6.13. The van der Waals surface area contributed by atoms with Crippen LogP contribution < -0.4 is 10.1 Å². The number of methoxy groups -OCH3 is 1. The molecule has 1 N–H and O–H groups in total. The van der Waals surface area contributed by atoms with E-state index in [1.807, 2.05) is 13.8 Å². The number of hydrogen-bond donors (Lipinski definition) is 1. The van der Waals surface area contributed by atoms with E-state index in [0.29, 0.717) is 18.5 Å². The maximum atomic E-state index is 13.1. The molecule has 0 aliphatic carbocycles. The third kappa shape index (κ3) is 3.36. The zero-order valence-corrected chi connectivity index (χ0v) is 14.7. The molecule has 24 heavy (non-hydrogen) atoms. The minimum atomic E-state index is -0.995. The number of carbonyl (C=O) groups is 2. The van der Waals surface area contributed by atoms with Gasteiger partial charge in [-0.2, -0.15) is 0 Å². The molecule has 7 nitrogen and oxygen atoms in total. The van der Waals surface area contributed by atoms with Crippen LogP contribution in [0.15, 0.2) is 18.3 Å². The number of nitrogens with zero attached hydrogens (tertiary/aromatic N) is 2. The molecule has 2 heterocycles. The fourth-order valence-electron chi connectivity index (χ4n) is 3.11. The number of likely N-dealkylation sites (N-methyl/N-ethyl adjacent to an activating group) is 1. The molecule has 1 aliphatic heterocycles. The minimum absolute atomic E-state index is 0.104. The van der Waals surface area contributed by atoms with E-state index in [9.17, 15) is 9.59 Å². The van der Waals surface area contributed by atoms with E-state index in [4.69, 9.17) is 9.47 Å². The number of carbonyl (C=O) groups excluding carboxylic acids is 2. The van der Waals surface area contributed by atoms with Crippen molar-refractivity contribution in [2.24, 2.45) is 0 Å². The summed E-state index contributed by atoms with van der Waals surface area (Å²) in [6.07, 6.45) is 2.78. The van der Waals surface area contributed by atoms with Crippen molar-refractivity contribution in [3.8, 4) is 5.88 Å². The topological polar surface area (TPSA) is 80.8 Å². The van der Waals surface area contributed by atoms with Gasteiger partial charge in [0.05, 0.1) is 12.7 Å². The number of hydrogen-bond acceptors (Lipinski definition) is 5. The first-order valence-electron chi connectivity index (χ1n) is 8.11. The van der Waals surface area contributed by atoms with E-state index in [1.165, 1.54) is 7.11 Å². The average molecular weight is 335 g/mol. The monoisotopic (exact) mass is 335 g/mol. The number of rotatable bonds is 6. The van der Waals surface area contributed by atoms with Crippen molar-refractivity contribution < 1.29 is 19.1 Å². The summed E-state index contributed by atoms with van der Waals surface area (Å²) in [5.41, 5.74) is -0.636. The van der Waals surface area contributed by atoms with Gasteiger partial charge in [0, 0.05) is 26.9 Å². The number of ether oxygens (including phenoxy) is 2. The number of amides is 2. The van der Waals surface area contributed by atoms with Gasteiger partial charge < -0.3 is 19.7 Å². The zero-order chi connectivity index (χ0) is 17.7. The summed E-state index contributed by atoms with van der Waals surface area (Å²) >= 11 is 0. The highest BCUT2D eigenvalue weighted by Crippen LogP contribution is 2.33. The molecular formula is C17H25N3O4.